The summed E-state index contributed by atoms with van der Waals surface area (Å²) in [5, 5.41) is 10.5. The fourth-order valence-electron chi connectivity index (χ4n) is 4.25. The number of nitrogens with zero attached hydrogens (tertiary/aromatic N) is 5. The normalized spacial score (nSPS) is 17.8. The summed E-state index contributed by atoms with van der Waals surface area (Å²) in [4.78, 5) is 29.0. The van der Waals surface area contributed by atoms with E-state index in [0.29, 0.717) is 22.4 Å². The first kappa shape index (κ1) is 20.2. The Morgan fingerprint density at radius 3 is 2.71 bits per heavy atom. The van der Waals surface area contributed by atoms with E-state index in [1.165, 1.54) is 7.11 Å². The molecule has 0 saturated carbocycles. The van der Waals surface area contributed by atoms with Gasteiger partial charge in [-0.25, -0.2) is 4.98 Å². The van der Waals surface area contributed by atoms with Crippen LogP contribution in [0.5, 0.6) is 0 Å². The fourth-order valence-corrected chi connectivity index (χ4v) is 4.58. The third-order valence-electron chi connectivity index (χ3n) is 5.93. The maximum Gasteiger partial charge on any atom is 0.266 e. The third-order valence-corrected chi connectivity index (χ3v) is 6.46. The van der Waals surface area contributed by atoms with Crippen LogP contribution in [0.25, 0.3) is 16.6 Å². The number of nitrogens with two attached hydrogens (primary N) is 1. The number of hydrogen-bond acceptors (Lipinski definition) is 8. The number of hydrogen-bond donors (Lipinski definition) is 1. The molecular formula is C22H24N6O2S. The predicted molar refractivity (Wildman–Crippen MR) is 123 cm³/mol. The molecule has 1 saturated heterocycles. The standard InChI is InChI=1S/C22H24N6O2S/c1-26-7-9-27(10-8-26)13-14-3-5-16-18(11-14)24-21-20(25-30-2)17-12-15(31-23)4-6-19(17)28(21)22(16)29/h3-6,11-12H,7-10,13,23H2,1-2H3/b25-20+. The highest BCUT2D eigenvalue weighted by atomic mass is 32.2. The average molecular weight is 437 g/mol. The maximum absolute atomic E-state index is 13.4. The molecule has 2 aromatic carbocycles. The molecule has 2 aliphatic heterocycles. The highest BCUT2D eigenvalue weighted by Crippen LogP contribution is 2.30. The van der Waals surface area contributed by atoms with Crippen LogP contribution < -0.4 is 10.7 Å². The summed E-state index contributed by atoms with van der Waals surface area (Å²) in [5.41, 5.74) is 3.78. The van der Waals surface area contributed by atoms with Crippen LogP contribution in [0.1, 0.15) is 17.0 Å². The Balaban J connectivity index is 1.59. The lowest BCUT2D eigenvalue weighted by atomic mass is 10.1. The number of aromatic nitrogens is 2. The molecule has 3 aromatic rings. The molecule has 31 heavy (non-hydrogen) atoms. The van der Waals surface area contributed by atoms with E-state index in [1.54, 1.807) is 4.57 Å². The second-order valence-corrected chi connectivity index (χ2v) is 8.63. The Hall–Kier alpha value is -2.72. The van der Waals surface area contributed by atoms with Gasteiger partial charge in [-0.1, -0.05) is 11.2 Å². The Kier molecular flexibility index (Phi) is 5.27. The molecule has 0 spiro atoms. The average Bonchev–Trinajstić information content (AvgIpc) is 3.08. The van der Waals surface area contributed by atoms with Gasteiger partial charge in [0.25, 0.3) is 5.56 Å². The first-order valence-electron chi connectivity index (χ1n) is 10.2. The lowest BCUT2D eigenvalue weighted by molar-refractivity contribution is 0.148. The number of piperazine rings is 1. The Morgan fingerprint density at radius 2 is 1.97 bits per heavy atom. The third kappa shape index (κ3) is 3.53. The van der Waals surface area contributed by atoms with Gasteiger partial charge in [-0.05, 0) is 54.9 Å². The Morgan fingerprint density at radius 1 is 1.16 bits per heavy atom. The molecule has 0 bridgehead atoms. The number of rotatable bonds is 4. The minimum atomic E-state index is -0.109. The van der Waals surface area contributed by atoms with Gasteiger partial charge in [0.2, 0.25) is 0 Å². The predicted octanol–water partition coefficient (Wildman–Crippen LogP) is 1.81. The van der Waals surface area contributed by atoms with Crippen LogP contribution in [-0.4, -0.2) is 65.4 Å². The van der Waals surface area contributed by atoms with Gasteiger partial charge in [0, 0.05) is 43.2 Å². The Bertz CT molecular complexity index is 1250. The minimum absolute atomic E-state index is 0.109. The van der Waals surface area contributed by atoms with Gasteiger partial charge in [0.15, 0.2) is 11.5 Å². The highest BCUT2D eigenvalue weighted by molar-refractivity contribution is 7.97. The van der Waals surface area contributed by atoms with Gasteiger partial charge in [-0.3, -0.25) is 19.4 Å². The summed E-state index contributed by atoms with van der Waals surface area (Å²) in [6.07, 6.45) is 0. The zero-order chi connectivity index (χ0) is 21.5. The first-order chi connectivity index (χ1) is 15.1. The van der Waals surface area contributed by atoms with E-state index < -0.39 is 0 Å². The SMILES string of the molecule is CO/N=C1\c2cc(SN)ccc2-n2c1nc1cc(CN3CCN(C)CC3)ccc1c2=O. The lowest BCUT2D eigenvalue weighted by Crippen LogP contribution is -2.43. The molecule has 3 heterocycles. The number of benzene rings is 2. The molecule has 0 radical (unpaired) electrons. The van der Waals surface area contributed by atoms with Crippen LogP contribution in [-0.2, 0) is 11.4 Å². The van der Waals surface area contributed by atoms with Crippen molar-refractivity contribution in [2.75, 3.05) is 40.3 Å². The number of oxime groups is 1. The molecule has 5 rings (SSSR count). The lowest BCUT2D eigenvalue weighted by Gasteiger charge is -2.32. The monoisotopic (exact) mass is 436 g/mol. The van der Waals surface area contributed by atoms with Crippen molar-refractivity contribution >= 4 is 28.6 Å². The quantitative estimate of drug-likeness (QED) is 0.386. The second kappa shape index (κ2) is 8.08. The summed E-state index contributed by atoms with van der Waals surface area (Å²) >= 11 is 1.15. The molecule has 0 unspecified atom stereocenters. The highest BCUT2D eigenvalue weighted by Gasteiger charge is 2.30. The van der Waals surface area contributed by atoms with Crippen molar-refractivity contribution in [3.63, 3.8) is 0 Å². The maximum atomic E-state index is 13.4. The van der Waals surface area contributed by atoms with Crippen LogP contribution in [0, 0.1) is 0 Å². The summed E-state index contributed by atoms with van der Waals surface area (Å²) in [5.74, 6) is 0.491. The molecule has 0 atom stereocenters. The van der Waals surface area contributed by atoms with E-state index in [2.05, 4.69) is 22.0 Å². The molecule has 2 aliphatic rings. The van der Waals surface area contributed by atoms with E-state index in [-0.39, 0.29) is 5.56 Å². The van der Waals surface area contributed by atoms with Crippen molar-refractivity contribution in [1.82, 2.24) is 19.4 Å². The van der Waals surface area contributed by atoms with Gasteiger partial charge < -0.3 is 9.74 Å². The molecule has 160 valence electrons. The molecule has 1 aromatic heterocycles. The van der Waals surface area contributed by atoms with Crippen molar-refractivity contribution in [2.24, 2.45) is 10.3 Å². The van der Waals surface area contributed by atoms with E-state index in [9.17, 15) is 4.79 Å². The van der Waals surface area contributed by atoms with Crippen LogP contribution in [0.15, 0.2) is 51.2 Å². The molecular weight excluding hydrogens is 412 g/mol. The van der Waals surface area contributed by atoms with E-state index in [1.807, 2.05) is 36.4 Å². The van der Waals surface area contributed by atoms with Gasteiger partial charge in [0.05, 0.1) is 16.6 Å². The summed E-state index contributed by atoms with van der Waals surface area (Å²) in [7, 11) is 3.64. The van der Waals surface area contributed by atoms with Crippen molar-refractivity contribution in [3.8, 4) is 5.69 Å². The van der Waals surface area contributed by atoms with Crippen molar-refractivity contribution < 1.29 is 4.84 Å². The van der Waals surface area contributed by atoms with Gasteiger partial charge in [-0.15, -0.1) is 0 Å². The largest absolute Gasteiger partial charge is 0.399 e. The number of fused-ring (bicyclic) bond motifs is 4. The minimum Gasteiger partial charge on any atom is -0.399 e. The summed E-state index contributed by atoms with van der Waals surface area (Å²) in [6, 6.07) is 11.6. The Labute approximate surface area is 184 Å². The van der Waals surface area contributed by atoms with Crippen LogP contribution in [0.3, 0.4) is 0 Å². The van der Waals surface area contributed by atoms with E-state index >= 15 is 0 Å². The zero-order valence-electron chi connectivity index (χ0n) is 17.5. The molecule has 0 amide bonds. The smallest absolute Gasteiger partial charge is 0.266 e. The van der Waals surface area contributed by atoms with Crippen molar-refractivity contribution in [2.45, 2.75) is 11.4 Å². The topological polar surface area (TPSA) is 89.0 Å². The molecule has 9 heteroatoms. The van der Waals surface area contributed by atoms with Gasteiger partial charge in [0.1, 0.15) is 7.11 Å². The van der Waals surface area contributed by atoms with Crippen molar-refractivity contribution in [1.29, 1.82) is 0 Å². The van der Waals surface area contributed by atoms with Crippen molar-refractivity contribution in [3.05, 3.63) is 63.7 Å². The summed E-state index contributed by atoms with van der Waals surface area (Å²) < 4.78 is 1.61. The summed E-state index contributed by atoms with van der Waals surface area (Å²) in [6.45, 7) is 5.06. The van der Waals surface area contributed by atoms with E-state index in [4.69, 9.17) is 15.0 Å². The fraction of sp³-hybridized carbons (Fsp3) is 0.318. The second-order valence-electron chi connectivity index (χ2n) is 7.93. The zero-order valence-corrected chi connectivity index (χ0v) is 18.4. The van der Waals surface area contributed by atoms with Gasteiger partial charge >= 0.3 is 0 Å². The van der Waals surface area contributed by atoms with Crippen LogP contribution >= 0.6 is 11.9 Å². The molecule has 8 nitrogen and oxygen atoms in total. The van der Waals surface area contributed by atoms with Crippen LogP contribution in [0.4, 0.5) is 0 Å². The van der Waals surface area contributed by atoms with Crippen LogP contribution in [0.2, 0.25) is 0 Å². The van der Waals surface area contributed by atoms with E-state index in [0.717, 1.165) is 66.4 Å². The number of likely N-dealkylation sites (N-methyl/N-ethyl adjacent to an activating group) is 1. The molecule has 2 N–H and O–H groups in total. The van der Waals surface area contributed by atoms with Gasteiger partial charge in [-0.2, -0.15) is 0 Å². The first-order valence-corrected chi connectivity index (χ1v) is 11.1. The molecule has 1 fully saturated rings. The molecule has 0 aliphatic carbocycles.